The Balaban J connectivity index is 2.65. The molecule has 1 unspecified atom stereocenters. The lowest BCUT2D eigenvalue weighted by molar-refractivity contribution is -0.908. The quantitative estimate of drug-likeness (QED) is 0.758. The van der Waals surface area contributed by atoms with Gasteiger partial charge in [-0.1, -0.05) is 45.0 Å². The van der Waals surface area contributed by atoms with Crippen molar-refractivity contribution >= 4 is 5.97 Å². The lowest BCUT2D eigenvalue weighted by atomic mass is 10.0. The van der Waals surface area contributed by atoms with Crippen molar-refractivity contribution < 1.29 is 14.8 Å². The molecule has 0 bridgehead atoms. The lowest BCUT2D eigenvalue weighted by Crippen LogP contribution is -3.12. The van der Waals surface area contributed by atoms with Crippen molar-refractivity contribution in [2.45, 2.75) is 39.7 Å². The fourth-order valence-electron chi connectivity index (χ4n) is 2.11. The number of carboxylic acids is 1. The van der Waals surface area contributed by atoms with E-state index in [0.29, 0.717) is 5.92 Å². The van der Waals surface area contributed by atoms with Crippen LogP contribution in [0.5, 0.6) is 0 Å². The van der Waals surface area contributed by atoms with E-state index < -0.39 is 5.97 Å². The van der Waals surface area contributed by atoms with Crippen LogP contribution in [0.25, 0.3) is 0 Å². The predicted molar refractivity (Wildman–Crippen MR) is 70.2 cm³/mol. The fraction of sp³-hybridized carbons (Fsp3) is 0.533. The summed E-state index contributed by atoms with van der Waals surface area (Å²) < 4.78 is 0. The van der Waals surface area contributed by atoms with Gasteiger partial charge in [-0.15, -0.1) is 0 Å². The first-order valence-electron chi connectivity index (χ1n) is 6.65. The Morgan fingerprint density at radius 2 is 1.89 bits per heavy atom. The Morgan fingerprint density at radius 1 is 1.28 bits per heavy atom. The van der Waals surface area contributed by atoms with Gasteiger partial charge in [-0.05, 0) is 17.9 Å². The van der Waals surface area contributed by atoms with E-state index in [9.17, 15) is 9.90 Å². The van der Waals surface area contributed by atoms with Gasteiger partial charge in [0.05, 0.1) is 12.5 Å². The molecule has 0 saturated heterocycles. The maximum absolute atomic E-state index is 10.7. The molecule has 0 aliphatic heterocycles. The van der Waals surface area contributed by atoms with E-state index in [4.69, 9.17) is 0 Å². The van der Waals surface area contributed by atoms with Gasteiger partial charge in [0.25, 0.3) is 0 Å². The van der Waals surface area contributed by atoms with E-state index in [-0.39, 0.29) is 6.54 Å². The van der Waals surface area contributed by atoms with E-state index in [1.165, 1.54) is 11.1 Å². The fourth-order valence-corrected chi connectivity index (χ4v) is 2.11. The molecule has 100 valence electrons. The van der Waals surface area contributed by atoms with Crippen LogP contribution in [0.15, 0.2) is 24.3 Å². The molecule has 3 nitrogen and oxygen atoms in total. The third-order valence-electron chi connectivity index (χ3n) is 3.10. The van der Waals surface area contributed by atoms with Gasteiger partial charge >= 0.3 is 0 Å². The third-order valence-corrected chi connectivity index (χ3v) is 3.10. The van der Waals surface area contributed by atoms with Crippen LogP contribution < -0.4 is 10.0 Å². The second-order valence-corrected chi connectivity index (χ2v) is 5.12. The number of hydrogen-bond donors (Lipinski definition) is 1. The van der Waals surface area contributed by atoms with Gasteiger partial charge in [0.15, 0.2) is 0 Å². The van der Waals surface area contributed by atoms with E-state index in [2.05, 4.69) is 45.0 Å². The van der Waals surface area contributed by atoms with Gasteiger partial charge in [0.1, 0.15) is 13.1 Å². The van der Waals surface area contributed by atoms with Crippen molar-refractivity contribution in [3.05, 3.63) is 35.4 Å². The lowest BCUT2D eigenvalue weighted by Gasteiger charge is -2.19. The SMILES string of the molecule is CCC[NH+](CC(=O)[O-])Cc1ccc(C(C)C)cc1. The van der Waals surface area contributed by atoms with Crippen molar-refractivity contribution in [2.75, 3.05) is 13.1 Å². The van der Waals surface area contributed by atoms with Gasteiger partial charge in [0.2, 0.25) is 0 Å². The second kappa shape index (κ2) is 7.17. The highest BCUT2D eigenvalue weighted by Gasteiger charge is 2.09. The van der Waals surface area contributed by atoms with Crippen LogP contribution in [0.1, 0.15) is 44.2 Å². The van der Waals surface area contributed by atoms with Crippen LogP contribution in [0.2, 0.25) is 0 Å². The van der Waals surface area contributed by atoms with Crippen molar-refractivity contribution in [3.63, 3.8) is 0 Å². The smallest absolute Gasteiger partial charge is 0.118 e. The zero-order chi connectivity index (χ0) is 13.5. The highest BCUT2D eigenvalue weighted by molar-refractivity contribution is 5.65. The Bertz CT molecular complexity index is 371. The number of quaternary nitrogens is 1. The minimum absolute atomic E-state index is 0.0831. The Hall–Kier alpha value is -1.35. The van der Waals surface area contributed by atoms with Crippen LogP contribution in [-0.2, 0) is 11.3 Å². The molecule has 1 aromatic carbocycles. The molecule has 18 heavy (non-hydrogen) atoms. The number of carbonyl (C=O) groups is 1. The average molecular weight is 249 g/mol. The predicted octanol–water partition coefficient (Wildman–Crippen LogP) is 0.355. The Morgan fingerprint density at radius 3 is 2.33 bits per heavy atom. The minimum atomic E-state index is -0.975. The molecule has 1 aromatic rings. The van der Waals surface area contributed by atoms with Crippen LogP contribution >= 0.6 is 0 Å². The highest BCUT2D eigenvalue weighted by atomic mass is 16.4. The summed E-state index contributed by atoms with van der Waals surface area (Å²) in [5, 5.41) is 10.7. The zero-order valence-corrected chi connectivity index (χ0v) is 11.5. The maximum Gasteiger partial charge on any atom is 0.118 e. The molecule has 0 aromatic heterocycles. The molecular formula is C15H23NO2. The van der Waals surface area contributed by atoms with Crippen molar-refractivity contribution in [1.29, 1.82) is 0 Å². The standard InChI is InChI=1S/C15H23NO2/c1-4-9-16(11-15(17)18)10-13-5-7-14(8-6-13)12(2)3/h5-8,12H,4,9-11H2,1-3H3,(H,17,18). The van der Waals surface area contributed by atoms with Crippen molar-refractivity contribution in [3.8, 4) is 0 Å². The molecule has 1 atom stereocenters. The number of benzene rings is 1. The van der Waals surface area contributed by atoms with Crippen LogP contribution in [0.3, 0.4) is 0 Å². The number of aliphatic carboxylic acids is 1. The molecule has 0 fully saturated rings. The van der Waals surface area contributed by atoms with Gasteiger partial charge in [0, 0.05) is 5.56 Å². The Kier molecular flexibility index (Phi) is 5.86. The Labute approximate surface area is 109 Å². The van der Waals surface area contributed by atoms with Crippen molar-refractivity contribution in [2.24, 2.45) is 0 Å². The third kappa shape index (κ3) is 4.88. The van der Waals surface area contributed by atoms with Crippen LogP contribution in [0.4, 0.5) is 0 Å². The maximum atomic E-state index is 10.7. The second-order valence-electron chi connectivity index (χ2n) is 5.12. The summed E-state index contributed by atoms with van der Waals surface area (Å²) in [5.41, 5.74) is 2.50. The highest BCUT2D eigenvalue weighted by Crippen LogP contribution is 2.14. The minimum Gasteiger partial charge on any atom is -0.544 e. The molecule has 0 amide bonds. The molecular weight excluding hydrogens is 226 g/mol. The molecule has 1 rings (SSSR count). The van der Waals surface area contributed by atoms with Gasteiger partial charge < -0.3 is 14.8 Å². The van der Waals surface area contributed by atoms with Gasteiger partial charge in [-0.3, -0.25) is 0 Å². The summed E-state index contributed by atoms with van der Waals surface area (Å²) in [6, 6.07) is 8.45. The number of nitrogens with one attached hydrogen (secondary N) is 1. The number of hydrogen-bond acceptors (Lipinski definition) is 2. The van der Waals surface area contributed by atoms with E-state index in [1.54, 1.807) is 0 Å². The molecule has 0 heterocycles. The summed E-state index contributed by atoms with van der Waals surface area (Å²) in [4.78, 5) is 11.7. The first-order valence-corrected chi connectivity index (χ1v) is 6.65. The van der Waals surface area contributed by atoms with Gasteiger partial charge in [-0.25, -0.2) is 0 Å². The first kappa shape index (κ1) is 14.7. The average Bonchev–Trinajstić information content (AvgIpc) is 2.29. The van der Waals surface area contributed by atoms with Gasteiger partial charge in [-0.2, -0.15) is 0 Å². The largest absolute Gasteiger partial charge is 0.544 e. The van der Waals surface area contributed by atoms with E-state index in [1.807, 2.05) is 0 Å². The van der Waals surface area contributed by atoms with Crippen LogP contribution in [-0.4, -0.2) is 19.1 Å². The molecule has 0 radical (unpaired) electrons. The van der Waals surface area contributed by atoms with Crippen molar-refractivity contribution in [1.82, 2.24) is 0 Å². The van der Waals surface area contributed by atoms with E-state index >= 15 is 0 Å². The molecule has 3 heteroatoms. The summed E-state index contributed by atoms with van der Waals surface area (Å²) in [7, 11) is 0. The molecule has 0 aliphatic carbocycles. The number of carboxylic acid groups (broad SMARTS) is 1. The van der Waals surface area contributed by atoms with E-state index in [0.717, 1.165) is 24.4 Å². The molecule has 0 aliphatic rings. The normalized spacial score (nSPS) is 12.7. The topological polar surface area (TPSA) is 44.6 Å². The molecule has 0 saturated carbocycles. The monoisotopic (exact) mass is 249 g/mol. The summed E-state index contributed by atoms with van der Waals surface area (Å²) in [5.74, 6) is -0.446. The molecule has 0 spiro atoms. The number of carbonyl (C=O) groups excluding carboxylic acids is 1. The van der Waals surface area contributed by atoms with Crippen LogP contribution in [0, 0.1) is 0 Å². The summed E-state index contributed by atoms with van der Waals surface area (Å²) in [6.45, 7) is 8.09. The summed E-state index contributed by atoms with van der Waals surface area (Å²) >= 11 is 0. The molecule has 1 N–H and O–H groups in total. The number of rotatable bonds is 7. The first-order chi connectivity index (χ1) is 8.52. The summed E-state index contributed by atoms with van der Waals surface area (Å²) in [6.07, 6.45) is 0.979. The zero-order valence-electron chi connectivity index (χ0n) is 11.5.